The number of urea groups is 1. The number of benzene rings is 1. The number of esters is 1. The summed E-state index contributed by atoms with van der Waals surface area (Å²) in [6, 6.07) is 7.70. The van der Waals surface area contributed by atoms with Crippen LogP contribution in [0.3, 0.4) is 0 Å². The van der Waals surface area contributed by atoms with Crippen molar-refractivity contribution in [3.63, 3.8) is 0 Å². The summed E-state index contributed by atoms with van der Waals surface area (Å²) in [6.07, 6.45) is 0. The van der Waals surface area contributed by atoms with Crippen LogP contribution in [0.1, 0.15) is 33.4 Å². The third kappa shape index (κ3) is 4.84. The molecule has 0 spiro atoms. The predicted octanol–water partition coefficient (Wildman–Crippen LogP) is 3.54. The molecule has 0 saturated heterocycles. The number of rotatable bonds is 3. The highest BCUT2D eigenvalue weighted by Crippen LogP contribution is 2.24. The van der Waals surface area contributed by atoms with E-state index in [9.17, 15) is 9.59 Å². The molecule has 1 aromatic heterocycles. The summed E-state index contributed by atoms with van der Waals surface area (Å²) >= 11 is 0. The second-order valence-electron chi connectivity index (χ2n) is 6.03. The van der Waals surface area contributed by atoms with Crippen LogP contribution in [0, 0.1) is 0 Å². The Labute approximate surface area is 134 Å². The summed E-state index contributed by atoms with van der Waals surface area (Å²) in [6.45, 7) is 7.29. The SMILES string of the molecule is CC(=O)Oc1cccc(NC(=O)Nc2cc(C(C)(C)C)no2)c1. The van der Waals surface area contributed by atoms with E-state index in [0.717, 1.165) is 5.69 Å². The number of aromatic nitrogens is 1. The zero-order chi connectivity index (χ0) is 17.0. The van der Waals surface area contributed by atoms with Gasteiger partial charge in [0.15, 0.2) is 0 Å². The Kier molecular flexibility index (Phi) is 4.68. The molecular weight excluding hydrogens is 298 g/mol. The number of anilines is 2. The summed E-state index contributed by atoms with van der Waals surface area (Å²) in [4.78, 5) is 22.9. The Hall–Kier alpha value is -2.83. The molecule has 7 nitrogen and oxygen atoms in total. The third-order valence-corrected chi connectivity index (χ3v) is 2.87. The van der Waals surface area contributed by atoms with Crippen molar-refractivity contribution in [1.29, 1.82) is 0 Å². The van der Waals surface area contributed by atoms with Crippen molar-refractivity contribution in [2.24, 2.45) is 0 Å². The minimum Gasteiger partial charge on any atom is -0.427 e. The minimum atomic E-state index is -0.485. The van der Waals surface area contributed by atoms with E-state index in [-0.39, 0.29) is 11.3 Å². The van der Waals surface area contributed by atoms with E-state index in [4.69, 9.17) is 9.26 Å². The van der Waals surface area contributed by atoms with Gasteiger partial charge in [0, 0.05) is 30.2 Å². The van der Waals surface area contributed by atoms with Gasteiger partial charge in [0.1, 0.15) is 5.75 Å². The van der Waals surface area contributed by atoms with Crippen molar-refractivity contribution < 1.29 is 18.8 Å². The second-order valence-corrected chi connectivity index (χ2v) is 6.03. The number of hydrogen-bond donors (Lipinski definition) is 2. The Morgan fingerprint density at radius 2 is 1.91 bits per heavy atom. The molecule has 2 amide bonds. The molecule has 23 heavy (non-hydrogen) atoms. The van der Waals surface area contributed by atoms with E-state index in [0.29, 0.717) is 11.4 Å². The van der Waals surface area contributed by atoms with Gasteiger partial charge in [-0.15, -0.1) is 0 Å². The lowest BCUT2D eigenvalue weighted by Gasteiger charge is -2.12. The quantitative estimate of drug-likeness (QED) is 0.667. The normalized spacial score (nSPS) is 11.0. The largest absolute Gasteiger partial charge is 0.427 e. The van der Waals surface area contributed by atoms with Crippen molar-refractivity contribution in [3.05, 3.63) is 36.0 Å². The maximum atomic E-state index is 12.0. The Morgan fingerprint density at radius 3 is 2.52 bits per heavy atom. The van der Waals surface area contributed by atoms with Gasteiger partial charge >= 0.3 is 12.0 Å². The van der Waals surface area contributed by atoms with E-state index in [1.54, 1.807) is 30.3 Å². The second kappa shape index (κ2) is 6.51. The summed E-state index contributed by atoms with van der Waals surface area (Å²) < 4.78 is 10.0. The van der Waals surface area contributed by atoms with Crippen LogP contribution in [0.5, 0.6) is 5.75 Å². The Morgan fingerprint density at radius 1 is 1.17 bits per heavy atom. The van der Waals surface area contributed by atoms with Crippen molar-refractivity contribution in [2.45, 2.75) is 33.1 Å². The molecule has 0 aliphatic heterocycles. The van der Waals surface area contributed by atoms with Crippen molar-refractivity contribution in [3.8, 4) is 5.75 Å². The molecule has 1 heterocycles. The lowest BCUT2D eigenvalue weighted by molar-refractivity contribution is -0.131. The highest BCUT2D eigenvalue weighted by atomic mass is 16.5. The molecule has 1 aromatic carbocycles. The number of nitrogens with one attached hydrogen (secondary N) is 2. The lowest BCUT2D eigenvalue weighted by Crippen LogP contribution is -2.19. The number of nitrogens with zero attached hydrogens (tertiary/aromatic N) is 1. The predicted molar refractivity (Wildman–Crippen MR) is 85.6 cm³/mol. The summed E-state index contributed by atoms with van der Waals surface area (Å²) in [5, 5.41) is 9.10. The first-order valence-electron chi connectivity index (χ1n) is 7.08. The molecule has 2 rings (SSSR count). The number of ether oxygens (including phenoxy) is 1. The van der Waals surface area contributed by atoms with Gasteiger partial charge in [0.25, 0.3) is 0 Å². The van der Waals surface area contributed by atoms with Crippen LogP contribution in [0.15, 0.2) is 34.9 Å². The molecule has 0 radical (unpaired) electrons. The maximum Gasteiger partial charge on any atom is 0.326 e. The van der Waals surface area contributed by atoms with Gasteiger partial charge in [-0.1, -0.05) is 32.0 Å². The minimum absolute atomic E-state index is 0.168. The molecule has 7 heteroatoms. The van der Waals surface area contributed by atoms with Gasteiger partial charge in [0.2, 0.25) is 5.88 Å². The van der Waals surface area contributed by atoms with Gasteiger partial charge in [-0.3, -0.25) is 10.1 Å². The number of carbonyl (C=O) groups is 2. The van der Waals surface area contributed by atoms with E-state index < -0.39 is 12.0 Å². The van der Waals surface area contributed by atoms with Crippen LogP contribution >= 0.6 is 0 Å². The highest BCUT2D eigenvalue weighted by Gasteiger charge is 2.19. The molecule has 122 valence electrons. The fourth-order valence-electron chi connectivity index (χ4n) is 1.77. The average molecular weight is 317 g/mol. The fraction of sp³-hybridized carbons (Fsp3) is 0.312. The van der Waals surface area contributed by atoms with Gasteiger partial charge < -0.3 is 14.6 Å². The Bertz CT molecular complexity index is 716. The zero-order valence-electron chi connectivity index (χ0n) is 13.5. The van der Waals surface area contributed by atoms with Crippen LogP contribution in [-0.2, 0) is 10.2 Å². The summed E-state index contributed by atoms with van der Waals surface area (Å²) in [5.41, 5.74) is 1.06. The fourth-order valence-corrected chi connectivity index (χ4v) is 1.77. The monoisotopic (exact) mass is 317 g/mol. The van der Waals surface area contributed by atoms with Gasteiger partial charge in [0.05, 0.1) is 5.69 Å². The topological polar surface area (TPSA) is 93.5 Å². The standard InChI is InChI=1S/C16H19N3O4/c1-10(20)22-12-7-5-6-11(8-12)17-15(21)18-14-9-13(19-23-14)16(2,3)4/h5-9H,1-4H3,(H2,17,18,21). The van der Waals surface area contributed by atoms with Gasteiger partial charge in [-0.2, -0.15) is 0 Å². The van der Waals surface area contributed by atoms with Crippen LogP contribution in [0.25, 0.3) is 0 Å². The molecule has 2 aromatic rings. The number of hydrogen-bond acceptors (Lipinski definition) is 5. The molecule has 0 aliphatic carbocycles. The van der Waals surface area contributed by atoms with Crippen molar-refractivity contribution in [1.82, 2.24) is 5.16 Å². The van der Waals surface area contributed by atoms with Crippen LogP contribution in [0.4, 0.5) is 16.4 Å². The van der Waals surface area contributed by atoms with E-state index in [2.05, 4.69) is 15.8 Å². The summed E-state index contributed by atoms with van der Waals surface area (Å²) in [7, 11) is 0. The molecular formula is C16H19N3O4. The molecule has 0 aliphatic rings. The average Bonchev–Trinajstić information content (AvgIpc) is 2.86. The molecule has 2 N–H and O–H groups in total. The maximum absolute atomic E-state index is 12.0. The van der Waals surface area contributed by atoms with Crippen LogP contribution in [-0.4, -0.2) is 17.2 Å². The first kappa shape index (κ1) is 16.5. The molecule has 0 unspecified atom stereocenters. The zero-order valence-corrected chi connectivity index (χ0v) is 13.5. The first-order valence-corrected chi connectivity index (χ1v) is 7.08. The number of amides is 2. The van der Waals surface area contributed by atoms with Crippen molar-refractivity contribution >= 4 is 23.6 Å². The highest BCUT2D eigenvalue weighted by molar-refractivity contribution is 5.99. The van der Waals surface area contributed by atoms with E-state index in [1.165, 1.54) is 6.92 Å². The molecule has 0 saturated carbocycles. The smallest absolute Gasteiger partial charge is 0.326 e. The van der Waals surface area contributed by atoms with E-state index in [1.807, 2.05) is 20.8 Å². The molecule has 0 bridgehead atoms. The Balaban J connectivity index is 1.99. The van der Waals surface area contributed by atoms with E-state index >= 15 is 0 Å². The first-order chi connectivity index (χ1) is 10.7. The van der Waals surface area contributed by atoms with Crippen molar-refractivity contribution in [2.75, 3.05) is 10.6 Å². The third-order valence-electron chi connectivity index (χ3n) is 2.87. The van der Waals surface area contributed by atoms with Gasteiger partial charge in [-0.05, 0) is 12.1 Å². The number of carbonyl (C=O) groups excluding carboxylic acids is 2. The van der Waals surface area contributed by atoms with Crippen LogP contribution in [0.2, 0.25) is 0 Å². The molecule has 0 atom stereocenters. The summed E-state index contributed by atoms with van der Waals surface area (Å²) in [5.74, 6) is 0.177. The van der Waals surface area contributed by atoms with Crippen LogP contribution < -0.4 is 15.4 Å². The molecule has 0 fully saturated rings. The lowest BCUT2D eigenvalue weighted by atomic mass is 9.92. The van der Waals surface area contributed by atoms with Gasteiger partial charge in [-0.25, -0.2) is 4.79 Å².